The van der Waals surface area contributed by atoms with Gasteiger partial charge in [-0.1, -0.05) is 0 Å². The number of nitrogen functional groups attached to an aromatic ring is 1. The van der Waals surface area contributed by atoms with E-state index in [1.165, 1.54) is 6.92 Å². The van der Waals surface area contributed by atoms with Crippen molar-refractivity contribution in [3.63, 3.8) is 0 Å². The molecule has 0 saturated carbocycles. The van der Waals surface area contributed by atoms with Crippen LogP contribution in [-0.2, 0) is 4.79 Å². The lowest BCUT2D eigenvalue weighted by Gasteiger charge is -2.17. The van der Waals surface area contributed by atoms with E-state index in [9.17, 15) is 4.79 Å². The Kier molecular flexibility index (Phi) is 2.96. The van der Waals surface area contributed by atoms with Crippen LogP contribution in [0.2, 0.25) is 0 Å². The van der Waals surface area contributed by atoms with E-state index in [0.29, 0.717) is 5.69 Å². The van der Waals surface area contributed by atoms with Gasteiger partial charge in [-0.25, -0.2) is 0 Å². The largest absolute Gasteiger partial charge is 0.399 e. The van der Waals surface area contributed by atoms with Crippen LogP contribution in [0.25, 0.3) is 0 Å². The molecule has 0 fully saturated rings. The number of carbonyl (C=O) groups excluding carboxylic acids is 1. The number of nitrogens with zero attached hydrogens (tertiary/aromatic N) is 1. The third-order valence-electron chi connectivity index (χ3n) is 1.81. The van der Waals surface area contributed by atoms with Gasteiger partial charge in [0.25, 0.3) is 0 Å². The van der Waals surface area contributed by atoms with Crippen molar-refractivity contribution >= 4 is 23.0 Å². The van der Waals surface area contributed by atoms with E-state index >= 15 is 0 Å². The van der Waals surface area contributed by atoms with Gasteiger partial charge in [0.15, 0.2) is 0 Å². The van der Waals surface area contributed by atoms with Crippen LogP contribution in [0.4, 0.5) is 17.1 Å². The molecule has 0 spiro atoms. The van der Waals surface area contributed by atoms with Crippen molar-refractivity contribution in [1.82, 2.24) is 0 Å². The second-order valence-electron chi connectivity index (χ2n) is 3.35. The van der Waals surface area contributed by atoms with Crippen molar-refractivity contribution in [2.24, 2.45) is 0 Å². The van der Waals surface area contributed by atoms with E-state index in [0.717, 1.165) is 11.4 Å². The summed E-state index contributed by atoms with van der Waals surface area (Å²) in [6, 6.07) is 5.43. The van der Waals surface area contributed by atoms with Crippen molar-refractivity contribution in [3.8, 4) is 0 Å². The molecule has 1 amide bonds. The highest BCUT2D eigenvalue weighted by atomic mass is 16.1. The summed E-state index contributed by atoms with van der Waals surface area (Å²) in [7, 11) is 3.83. The first-order chi connectivity index (χ1) is 6.50. The Morgan fingerprint density at radius 1 is 1.43 bits per heavy atom. The molecule has 0 saturated heterocycles. The normalized spacial score (nSPS) is 9.64. The molecule has 4 nitrogen and oxygen atoms in total. The molecule has 3 N–H and O–H groups in total. The first-order valence-corrected chi connectivity index (χ1v) is 4.35. The topological polar surface area (TPSA) is 58.4 Å². The minimum Gasteiger partial charge on any atom is -0.399 e. The lowest BCUT2D eigenvalue weighted by molar-refractivity contribution is -0.114. The lowest BCUT2D eigenvalue weighted by atomic mass is 10.2. The van der Waals surface area contributed by atoms with Crippen LogP contribution < -0.4 is 16.0 Å². The maximum absolute atomic E-state index is 10.9. The van der Waals surface area contributed by atoms with Crippen LogP contribution in [0.5, 0.6) is 0 Å². The molecule has 14 heavy (non-hydrogen) atoms. The first-order valence-electron chi connectivity index (χ1n) is 4.35. The number of benzene rings is 1. The van der Waals surface area contributed by atoms with E-state index in [-0.39, 0.29) is 5.91 Å². The molecule has 0 heterocycles. The first kappa shape index (κ1) is 10.4. The van der Waals surface area contributed by atoms with Gasteiger partial charge in [-0.2, -0.15) is 0 Å². The summed E-state index contributed by atoms with van der Waals surface area (Å²) < 4.78 is 0. The third kappa shape index (κ3) is 2.39. The molecule has 0 aliphatic heterocycles. The van der Waals surface area contributed by atoms with E-state index in [2.05, 4.69) is 5.32 Å². The molecule has 0 bridgehead atoms. The molecule has 76 valence electrons. The fourth-order valence-electron chi connectivity index (χ4n) is 1.23. The second kappa shape index (κ2) is 4.00. The lowest BCUT2D eigenvalue weighted by Crippen LogP contribution is -2.14. The summed E-state index contributed by atoms with van der Waals surface area (Å²) in [6.07, 6.45) is 0. The van der Waals surface area contributed by atoms with Gasteiger partial charge in [-0.15, -0.1) is 0 Å². The molecule has 0 aliphatic carbocycles. The highest BCUT2D eigenvalue weighted by molar-refractivity contribution is 5.93. The fourth-order valence-corrected chi connectivity index (χ4v) is 1.23. The highest BCUT2D eigenvalue weighted by Crippen LogP contribution is 2.26. The van der Waals surface area contributed by atoms with Crippen LogP contribution in [0, 0.1) is 0 Å². The molecule has 1 aromatic rings. The van der Waals surface area contributed by atoms with Gasteiger partial charge < -0.3 is 16.0 Å². The van der Waals surface area contributed by atoms with Gasteiger partial charge in [0, 0.05) is 26.7 Å². The summed E-state index contributed by atoms with van der Waals surface area (Å²) in [4.78, 5) is 12.9. The number of hydrogen-bond donors (Lipinski definition) is 2. The van der Waals surface area contributed by atoms with Gasteiger partial charge in [0.2, 0.25) is 5.91 Å². The molecule has 0 atom stereocenters. The van der Waals surface area contributed by atoms with Crippen molar-refractivity contribution in [1.29, 1.82) is 0 Å². The quantitative estimate of drug-likeness (QED) is 0.696. The zero-order chi connectivity index (χ0) is 10.7. The Bertz CT molecular complexity index is 347. The van der Waals surface area contributed by atoms with E-state index in [1.54, 1.807) is 12.1 Å². The van der Waals surface area contributed by atoms with Gasteiger partial charge in [0.05, 0.1) is 11.4 Å². The van der Waals surface area contributed by atoms with Gasteiger partial charge in [-0.3, -0.25) is 4.79 Å². The van der Waals surface area contributed by atoms with Gasteiger partial charge >= 0.3 is 0 Å². The van der Waals surface area contributed by atoms with Gasteiger partial charge in [-0.05, 0) is 18.2 Å². The standard InChI is InChI=1S/C10H15N3O/c1-7(14)12-9-6-8(11)4-5-10(9)13(2)3/h4-6H,11H2,1-3H3,(H,12,14). The van der Waals surface area contributed by atoms with Crippen molar-refractivity contribution in [2.75, 3.05) is 30.0 Å². The smallest absolute Gasteiger partial charge is 0.221 e. The van der Waals surface area contributed by atoms with Crippen LogP contribution in [0.15, 0.2) is 18.2 Å². The number of nitrogens with one attached hydrogen (secondary N) is 1. The second-order valence-corrected chi connectivity index (χ2v) is 3.35. The van der Waals surface area contributed by atoms with Crippen molar-refractivity contribution in [2.45, 2.75) is 6.92 Å². The summed E-state index contributed by atoms with van der Waals surface area (Å²) in [5.41, 5.74) is 7.95. The molecule has 0 radical (unpaired) electrons. The number of amides is 1. The summed E-state index contributed by atoms with van der Waals surface area (Å²) in [5.74, 6) is -0.0984. The summed E-state index contributed by atoms with van der Waals surface area (Å²) in [6.45, 7) is 1.47. The maximum atomic E-state index is 10.9. The Morgan fingerprint density at radius 2 is 2.07 bits per heavy atom. The molecule has 0 aromatic heterocycles. The molecular weight excluding hydrogens is 178 g/mol. The van der Waals surface area contributed by atoms with E-state index < -0.39 is 0 Å². The van der Waals surface area contributed by atoms with Crippen LogP contribution >= 0.6 is 0 Å². The Hall–Kier alpha value is -1.71. The predicted molar refractivity (Wildman–Crippen MR) is 59.5 cm³/mol. The number of rotatable bonds is 2. The molecule has 4 heteroatoms. The van der Waals surface area contributed by atoms with Crippen LogP contribution in [0.3, 0.4) is 0 Å². The number of anilines is 3. The number of carbonyl (C=O) groups is 1. The summed E-state index contributed by atoms with van der Waals surface area (Å²) in [5, 5.41) is 2.73. The van der Waals surface area contributed by atoms with E-state index in [4.69, 9.17) is 5.73 Å². The van der Waals surface area contributed by atoms with Gasteiger partial charge in [0.1, 0.15) is 0 Å². The van der Waals surface area contributed by atoms with Crippen LogP contribution in [0.1, 0.15) is 6.92 Å². The molecule has 1 aromatic carbocycles. The molecule has 0 aliphatic rings. The zero-order valence-electron chi connectivity index (χ0n) is 8.66. The molecule has 1 rings (SSSR count). The molecular formula is C10H15N3O. The average Bonchev–Trinajstić information content (AvgIpc) is 2.01. The highest BCUT2D eigenvalue weighted by Gasteiger charge is 2.05. The maximum Gasteiger partial charge on any atom is 0.221 e. The Balaban J connectivity index is 3.09. The SMILES string of the molecule is CC(=O)Nc1cc(N)ccc1N(C)C. The Labute approximate surface area is 83.7 Å². The number of hydrogen-bond acceptors (Lipinski definition) is 3. The minimum absolute atomic E-state index is 0.0984. The third-order valence-corrected chi connectivity index (χ3v) is 1.81. The average molecular weight is 193 g/mol. The fraction of sp³-hybridized carbons (Fsp3) is 0.300. The monoisotopic (exact) mass is 193 g/mol. The van der Waals surface area contributed by atoms with Crippen molar-refractivity contribution in [3.05, 3.63) is 18.2 Å². The van der Waals surface area contributed by atoms with Crippen molar-refractivity contribution < 1.29 is 4.79 Å². The number of nitrogens with two attached hydrogens (primary N) is 1. The van der Waals surface area contributed by atoms with E-state index in [1.807, 2.05) is 25.1 Å². The molecule has 0 unspecified atom stereocenters. The zero-order valence-corrected chi connectivity index (χ0v) is 8.66. The minimum atomic E-state index is -0.0984. The predicted octanol–water partition coefficient (Wildman–Crippen LogP) is 1.29. The summed E-state index contributed by atoms with van der Waals surface area (Å²) >= 11 is 0. The Morgan fingerprint density at radius 3 is 2.57 bits per heavy atom. The van der Waals surface area contributed by atoms with Crippen LogP contribution in [-0.4, -0.2) is 20.0 Å².